The number of para-hydroxylation sites is 3. The zero-order valence-electron chi connectivity index (χ0n) is 36.4. The van der Waals surface area contributed by atoms with Crippen LogP contribution >= 0.6 is 0 Å². The molecule has 4 heterocycles. The molecule has 10 rings (SSSR count). The third kappa shape index (κ3) is 5.56. The van der Waals surface area contributed by atoms with Crippen LogP contribution in [0.15, 0.2) is 152 Å². The number of nitrogens with zero attached hydrogens (tertiary/aromatic N) is 4. The maximum Gasteiger partial charge on any atom is 0.225 e. The van der Waals surface area contributed by atoms with Crippen LogP contribution in [0.5, 0.6) is 11.5 Å². The van der Waals surface area contributed by atoms with Crippen molar-refractivity contribution < 1.29 is 4.74 Å². The van der Waals surface area contributed by atoms with Crippen LogP contribution in [-0.2, 0) is 5.41 Å². The molecular formula is C55H55N4O+. The van der Waals surface area contributed by atoms with Crippen molar-refractivity contribution in [3.8, 4) is 28.4 Å². The van der Waals surface area contributed by atoms with Gasteiger partial charge in [0, 0.05) is 59.4 Å². The Balaban J connectivity index is 1.14. The Hall–Kier alpha value is -6.01. The van der Waals surface area contributed by atoms with E-state index in [1.165, 1.54) is 55.8 Å². The number of aromatic nitrogens is 2. The van der Waals surface area contributed by atoms with E-state index >= 15 is 0 Å². The number of hydrogen-bond donors (Lipinski definition) is 0. The molecule has 1 unspecified atom stereocenters. The highest BCUT2D eigenvalue weighted by atomic mass is 16.5. The van der Waals surface area contributed by atoms with Crippen molar-refractivity contribution in [1.29, 1.82) is 0 Å². The maximum atomic E-state index is 7.09. The zero-order valence-corrected chi connectivity index (χ0v) is 36.4. The van der Waals surface area contributed by atoms with Gasteiger partial charge in [0.15, 0.2) is 18.0 Å². The maximum absolute atomic E-state index is 7.09. The second-order valence-electron chi connectivity index (χ2n) is 19.1. The van der Waals surface area contributed by atoms with Gasteiger partial charge >= 0.3 is 0 Å². The first-order chi connectivity index (χ1) is 28.7. The number of fused-ring (bicyclic) bond motifs is 7. The van der Waals surface area contributed by atoms with E-state index in [1.807, 2.05) is 6.20 Å². The Morgan fingerprint density at radius 2 is 1.28 bits per heavy atom. The fraction of sp³-hybridized carbons (Fsp3) is 0.236. The Labute approximate surface area is 355 Å². The third-order valence-electron chi connectivity index (χ3n) is 14.0. The first-order valence-electron chi connectivity index (χ1n) is 21.5. The summed E-state index contributed by atoms with van der Waals surface area (Å²) in [5.41, 5.74) is 13.5. The van der Waals surface area contributed by atoms with E-state index in [0.29, 0.717) is 21.0 Å². The minimum atomic E-state index is -0.0693. The minimum Gasteiger partial charge on any atom is -0.457 e. The molecule has 300 valence electrons. The van der Waals surface area contributed by atoms with Crippen LogP contribution < -0.4 is 13.9 Å². The second-order valence-corrected chi connectivity index (χ2v) is 19.1. The number of hydrogen-bond acceptors (Lipinski definition) is 2. The van der Waals surface area contributed by atoms with Crippen molar-refractivity contribution in [2.24, 2.45) is 5.41 Å². The largest absolute Gasteiger partial charge is 0.457 e. The molecule has 1 fully saturated rings. The van der Waals surface area contributed by atoms with Crippen LogP contribution in [0, 0.1) is 12.1 Å². The van der Waals surface area contributed by atoms with E-state index in [0.717, 1.165) is 33.9 Å². The molecule has 1 saturated heterocycles. The summed E-state index contributed by atoms with van der Waals surface area (Å²) >= 11 is 0. The Morgan fingerprint density at radius 3 is 2.03 bits per heavy atom. The quantitative estimate of drug-likeness (QED) is 0.0828. The third-order valence-corrected chi connectivity index (χ3v) is 14.0. The number of rotatable bonds is 9. The normalized spacial score (nSPS) is 18.4. The van der Waals surface area contributed by atoms with Crippen LogP contribution in [0.25, 0.3) is 38.8 Å². The highest BCUT2D eigenvalue weighted by Crippen LogP contribution is 2.75. The molecule has 2 aromatic heterocycles. The van der Waals surface area contributed by atoms with Gasteiger partial charge in [-0.3, -0.25) is 4.57 Å². The minimum absolute atomic E-state index is 0.0608. The molecule has 2 atom stereocenters. The fourth-order valence-corrected chi connectivity index (χ4v) is 9.57. The van der Waals surface area contributed by atoms with E-state index in [4.69, 9.17) is 9.72 Å². The molecule has 2 aliphatic heterocycles. The summed E-state index contributed by atoms with van der Waals surface area (Å²) in [6, 6.07) is 53.4. The van der Waals surface area contributed by atoms with E-state index in [2.05, 4.69) is 219 Å². The number of quaternary nitrogens is 2. The van der Waals surface area contributed by atoms with Gasteiger partial charge in [-0.05, 0) is 86.9 Å². The molecule has 0 saturated carbocycles. The average Bonchev–Trinajstić information content (AvgIpc) is 3.74. The average molecular weight is 788 g/mol. The molecule has 6 aromatic carbocycles. The lowest BCUT2D eigenvalue weighted by Gasteiger charge is -2.40. The summed E-state index contributed by atoms with van der Waals surface area (Å²) in [7, 11) is 0. The molecule has 0 bridgehead atoms. The van der Waals surface area contributed by atoms with Gasteiger partial charge in [0.2, 0.25) is 11.4 Å². The van der Waals surface area contributed by atoms with Crippen LogP contribution in [0.4, 0.5) is 22.7 Å². The molecule has 5 heteroatoms. The van der Waals surface area contributed by atoms with Crippen LogP contribution in [0.1, 0.15) is 90.8 Å². The van der Waals surface area contributed by atoms with Crippen LogP contribution in [-0.4, -0.2) is 9.55 Å². The molecule has 0 N–H and O–H groups in total. The molecule has 0 spiro atoms. The SMILES string of the molecule is CC(C)c1cccc([N@+]23[CH-][N+]2(c2cc(Oc4ccc5c6ccccc6n(-c6cc(C(C)(C)C(C)(C)C)ccn6)c5c4)cc(-c4ccccc4C(C)C)c2)c2ccccc23)c1. The van der Waals surface area contributed by atoms with Gasteiger partial charge in [0.1, 0.15) is 17.3 Å². The predicted molar refractivity (Wildman–Crippen MR) is 251 cm³/mol. The summed E-state index contributed by atoms with van der Waals surface area (Å²) < 4.78 is 10.6. The number of benzene rings is 6. The smallest absolute Gasteiger partial charge is 0.225 e. The molecule has 0 radical (unpaired) electrons. The van der Waals surface area contributed by atoms with Crippen molar-refractivity contribution in [3.05, 3.63) is 175 Å². The zero-order chi connectivity index (χ0) is 41.8. The highest BCUT2D eigenvalue weighted by molar-refractivity contribution is 6.09. The summed E-state index contributed by atoms with van der Waals surface area (Å²) in [6.07, 6.45) is 1.96. The molecular weight excluding hydrogens is 733 g/mol. The van der Waals surface area contributed by atoms with E-state index in [1.54, 1.807) is 0 Å². The van der Waals surface area contributed by atoms with Crippen LogP contribution in [0.3, 0.4) is 0 Å². The van der Waals surface area contributed by atoms with Crippen LogP contribution in [0.2, 0.25) is 0 Å². The van der Waals surface area contributed by atoms with Crippen molar-refractivity contribution in [2.75, 3.05) is 0 Å². The van der Waals surface area contributed by atoms with E-state index < -0.39 is 0 Å². The molecule has 8 aromatic rings. The number of pyridine rings is 1. The van der Waals surface area contributed by atoms with E-state index in [-0.39, 0.29) is 10.8 Å². The lowest BCUT2D eigenvalue weighted by Crippen LogP contribution is -2.46. The predicted octanol–water partition coefficient (Wildman–Crippen LogP) is 15.5. The highest BCUT2D eigenvalue weighted by Gasteiger charge is 2.78. The molecule has 60 heavy (non-hydrogen) atoms. The van der Waals surface area contributed by atoms with Crippen molar-refractivity contribution >= 4 is 44.6 Å². The number of ether oxygens (including phenoxy) is 1. The van der Waals surface area contributed by atoms with Gasteiger partial charge in [-0.15, -0.1) is 0 Å². The molecule has 5 nitrogen and oxygen atoms in total. The molecule has 2 aliphatic rings. The van der Waals surface area contributed by atoms with Crippen molar-refractivity contribution in [1.82, 2.24) is 18.7 Å². The fourth-order valence-electron chi connectivity index (χ4n) is 9.57. The lowest BCUT2D eigenvalue weighted by atomic mass is 9.65. The summed E-state index contributed by atoms with van der Waals surface area (Å²) in [5, 5.41) is 2.36. The van der Waals surface area contributed by atoms with Gasteiger partial charge in [0.25, 0.3) is 0 Å². The first-order valence-corrected chi connectivity index (χ1v) is 21.5. The topological polar surface area (TPSA) is 27.1 Å². The van der Waals surface area contributed by atoms with Crippen molar-refractivity contribution in [3.63, 3.8) is 0 Å². The Kier molecular flexibility index (Phi) is 8.60. The molecule has 0 amide bonds. The molecule has 0 aliphatic carbocycles. The summed E-state index contributed by atoms with van der Waals surface area (Å²) in [5.74, 6) is 3.28. The Morgan fingerprint density at radius 1 is 0.583 bits per heavy atom. The van der Waals surface area contributed by atoms with Gasteiger partial charge < -0.3 is 4.74 Å². The van der Waals surface area contributed by atoms with Gasteiger partial charge in [-0.1, -0.05) is 129 Å². The van der Waals surface area contributed by atoms with Gasteiger partial charge in [-0.2, -0.15) is 9.18 Å². The Bertz CT molecular complexity index is 2980. The summed E-state index contributed by atoms with van der Waals surface area (Å²) in [6.45, 7) is 23.2. The lowest BCUT2D eigenvalue weighted by molar-refractivity contribution is 0.225. The van der Waals surface area contributed by atoms with Crippen molar-refractivity contribution in [2.45, 2.75) is 79.6 Å². The van der Waals surface area contributed by atoms with Gasteiger partial charge in [-0.25, -0.2) is 4.98 Å². The van der Waals surface area contributed by atoms with E-state index in [9.17, 15) is 0 Å². The summed E-state index contributed by atoms with van der Waals surface area (Å²) in [4.78, 5) is 5.00. The second kappa shape index (κ2) is 13.5. The van der Waals surface area contributed by atoms with Gasteiger partial charge in [0.05, 0.1) is 11.0 Å². The standard InChI is InChI=1S/C55H55N4O/c1-36(2)38-17-16-18-41(29-38)58-35-59(58,52-24-15-14-23-51(52)58)42-30-39(46-20-11-10-19-45(46)37(3)4)31-44(33-42)60-43-25-26-48-47-21-12-13-22-49(47)57(50(48)34-43)53-32-40(27-28-56-53)55(8,9)54(5,6)7/h10-37H,1-9H3/q+1/t58-,59?/m0/s1. The monoisotopic (exact) mass is 787 g/mol. The first kappa shape index (κ1) is 38.2.